The van der Waals surface area contributed by atoms with E-state index in [9.17, 15) is 18.3 Å². The van der Waals surface area contributed by atoms with Crippen molar-refractivity contribution in [3.63, 3.8) is 0 Å². The summed E-state index contributed by atoms with van der Waals surface area (Å²) in [4.78, 5) is 10.8. The van der Waals surface area contributed by atoms with E-state index in [2.05, 4.69) is 9.46 Å². The summed E-state index contributed by atoms with van der Waals surface area (Å²) >= 11 is 0. The Labute approximate surface area is 102 Å². The third-order valence-electron chi connectivity index (χ3n) is 2.17. The van der Waals surface area contributed by atoms with Crippen LogP contribution in [0.3, 0.4) is 0 Å². The first-order valence-electron chi connectivity index (χ1n) is 5.32. The Kier molecular flexibility index (Phi) is 7.28. The van der Waals surface area contributed by atoms with E-state index in [0.717, 1.165) is 24.3 Å². The third-order valence-corrected chi connectivity index (χ3v) is 3.70. The van der Waals surface area contributed by atoms with Gasteiger partial charge in [0.05, 0.1) is 7.11 Å². The molecule has 0 spiro atoms. The molecule has 7 nitrogen and oxygen atoms in total. The number of esters is 1. The number of carbonyl (C=O) groups is 1. The van der Waals surface area contributed by atoms with Gasteiger partial charge in [0.2, 0.25) is 0 Å². The molecular formula is C9H20N2O5S. The average Bonchev–Trinajstić information content (AvgIpc) is 2.31. The highest BCUT2D eigenvalue weighted by atomic mass is 32.2. The van der Waals surface area contributed by atoms with Crippen LogP contribution in [0.4, 0.5) is 0 Å². The molecule has 1 atom stereocenters. The van der Waals surface area contributed by atoms with E-state index >= 15 is 0 Å². The van der Waals surface area contributed by atoms with Crippen molar-refractivity contribution in [3.8, 4) is 0 Å². The number of aliphatic hydroxyl groups excluding tert-OH is 1. The fourth-order valence-corrected chi connectivity index (χ4v) is 1.97. The van der Waals surface area contributed by atoms with Crippen LogP contribution in [0.1, 0.15) is 19.8 Å². The minimum absolute atomic E-state index is 0.389. The lowest BCUT2D eigenvalue weighted by molar-refractivity contribution is -0.149. The molecule has 17 heavy (non-hydrogen) atoms. The zero-order chi connectivity index (χ0) is 13.5. The predicted octanol–water partition coefficient (Wildman–Crippen LogP) is -0.913. The van der Waals surface area contributed by atoms with Crippen LogP contribution >= 0.6 is 0 Å². The van der Waals surface area contributed by atoms with Crippen LogP contribution in [0.25, 0.3) is 0 Å². The van der Waals surface area contributed by atoms with Crippen LogP contribution in [0.15, 0.2) is 0 Å². The van der Waals surface area contributed by atoms with E-state index in [1.54, 1.807) is 0 Å². The second-order valence-corrected chi connectivity index (χ2v) is 5.43. The Morgan fingerprint density at radius 1 is 1.53 bits per heavy atom. The molecule has 0 aromatic carbocycles. The fourth-order valence-electron chi connectivity index (χ4n) is 1.01. The van der Waals surface area contributed by atoms with E-state index in [0.29, 0.717) is 6.54 Å². The first-order valence-corrected chi connectivity index (χ1v) is 6.76. The lowest BCUT2D eigenvalue weighted by Gasteiger charge is -2.18. The number of hydrogen-bond acceptors (Lipinski definition) is 5. The molecule has 0 aromatic heterocycles. The minimum Gasteiger partial charge on any atom is -0.467 e. The van der Waals surface area contributed by atoms with Crippen molar-refractivity contribution in [2.75, 3.05) is 27.2 Å². The number of carbonyl (C=O) groups excluding carboxylic acids is 1. The molecule has 102 valence electrons. The first kappa shape index (κ1) is 16.3. The van der Waals surface area contributed by atoms with E-state index in [4.69, 9.17) is 0 Å². The van der Waals surface area contributed by atoms with Gasteiger partial charge in [-0.05, 0) is 6.42 Å². The molecule has 0 fully saturated rings. The Balaban J connectivity index is 4.22. The van der Waals surface area contributed by atoms with Gasteiger partial charge in [0.15, 0.2) is 6.10 Å². The van der Waals surface area contributed by atoms with Gasteiger partial charge in [-0.1, -0.05) is 13.3 Å². The maximum atomic E-state index is 11.6. The van der Waals surface area contributed by atoms with Crippen molar-refractivity contribution in [1.82, 2.24) is 9.03 Å². The molecule has 0 amide bonds. The lowest BCUT2D eigenvalue weighted by atomic mass is 10.3. The van der Waals surface area contributed by atoms with Crippen molar-refractivity contribution < 1.29 is 23.1 Å². The number of methoxy groups -OCH3 is 1. The highest BCUT2D eigenvalue weighted by molar-refractivity contribution is 7.87. The quantitative estimate of drug-likeness (QED) is 0.555. The maximum absolute atomic E-state index is 11.6. The summed E-state index contributed by atoms with van der Waals surface area (Å²) in [5.74, 6) is -0.871. The Morgan fingerprint density at radius 2 is 2.12 bits per heavy atom. The zero-order valence-corrected chi connectivity index (χ0v) is 11.2. The van der Waals surface area contributed by atoms with Gasteiger partial charge in [-0.2, -0.15) is 17.4 Å². The number of aliphatic hydroxyl groups is 1. The highest BCUT2D eigenvalue weighted by Crippen LogP contribution is 1.98. The Morgan fingerprint density at radius 3 is 2.59 bits per heavy atom. The third kappa shape index (κ3) is 5.97. The van der Waals surface area contributed by atoms with Crippen molar-refractivity contribution in [1.29, 1.82) is 0 Å². The van der Waals surface area contributed by atoms with Crippen molar-refractivity contribution in [2.24, 2.45) is 0 Å². The van der Waals surface area contributed by atoms with Crippen LogP contribution in [-0.4, -0.2) is 57.1 Å². The number of hydrogen-bond donors (Lipinski definition) is 2. The number of unbranched alkanes of at least 4 members (excludes halogenated alkanes) is 1. The van der Waals surface area contributed by atoms with E-state index in [1.165, 1.54) is 7.05 Å². The molecule has 0 saturated carbocycles. The van der Waals surface area contributed by atoms with Gasteiger partial charge in [-0.15, -0.1) is 0 Å². The Bertz CT molecular complexity index is 330. The standard InChI is InChI=1S/C9H20N2O5S/c1-4-5-6-11(2)17(14,15)10-7-8(12)9(13)16-3/h8,10,12H,4-7H2,1-3H3. The molecule has 0 aromatic rings. The molecule has 0 aliphatic rings. The second-order valence-electron chi connectivity index (χ2n) is 3.57. The van der Waals surface area contributed by atoms with E-state index < -0.39 is 28.8 Å². The fraction of sp³-hybridized carbons (Fsp3) is 0.889. The average molecular weight is 268 g/mol. The topological polar surface area (TPSA) is 95.9 Å². The highest BCUT2D eigenvalue weighted by Gasteiger charge is 2.21. The van der Waals surface area contributed by atoms with Gasteiger partial charge >= 0.3 is 5.97 Å². The monoisotopic (exact) mass is 268 g/mol. The summed E-state index contributed by atoms with van der Waals surface area (Å²) < 4.78 is 30.7. The van der Waals surface area contributed by atoms with Crippen LogP contribution in [0.5, 0.6) is 0 Å². The smallest absolute Gasteiger partial charge is 0.336 e. The molecule has 0 heterocycles. The summed E-state index contributed by atoms with van der Waals surface area (Å²) in [6.45, 7) is 1.94. The lowest BCUT2D eigenvalue weighted by Crippen LogP contribution is -2.44. The molecule has 1 unspecified atom stereocenters. The predicted molar refractivity (Wildman–Crippen MR) is 62.5 cm³/mol. The van der Waals surface area contributed by atoms with Crippen molar-refractivity contribution >= 4 is 16.2 Å². The summed E-state index contributed by atoms with van der Waals surface area (Å²) in [6.07, 6.45) is 0.135. The van der Waals surface area contributed by atoms with Gasteiger partial charge in [-0.25, -0.2) is 4.79 Å². The van der Waals surface area contributed by atoms with Crippen LogP contribution < -0.4 is 4.72 Å². The first-order chi connectivity index (χ1) is 7.85. The normalized spacial score (nSPS) is 13.7. The minimum atomic E-state index is -3.65. The molecular weight excluding hydrogens is 248 g/mol. The SMILES string of the molecule is CCCCN(C)S(=O)(=O)NCC(O)C(=O)OC. The Hall–Kier alpha value is -0.700. The number of ether oxygens (including phenoxy) is 1. The number of nitrogens with one attached hydrogen (secondary N) is 1. The molecule has 0 aliphatic carbocycles. The van der Waals surface area contributed by atoms with E-state index in [-0.39, 0.29) is 0 Å². The van der Waals surface area contributed by atoms with Crippen LogP contribution in [0, 0.1) is 0 Å². The molecule has 0 bridgehead atoms. The summed E-state index contributed by atoms with van der Waals surface area (Å²) in [6, 6.07) is 0. The molecule has 2 N–H and O–H groups in total. The van der Waals surface area contributed by atoms with Crippen LogP contribution in [-0.2, 0) is 19.7 Å². The summed E-state index contributed by atoms with van der Waals surface area (Å²) in [7, 11) is -1.10. The van der Waals surface area contributed by atoms with Gasteiger partial charge in [-0.3, -0.25) is 0 Å². The summed E-state index contributed by atoms with van der Waals surface area (Å²) in [5.41, 5.74) is 0. The molecule has 0 saturated heterocycles. The second kappa shape index (κ2) is 7.59. The van der Waals surface area contributed by atoms with Gasteiger partial charge < -0.3 is 9.84 Å². The zero-order valence-electron chi connectivity index (χ0n) is 10.3. The van der Waals surface area contributed by atoms with Crippen LogP contribution in [0.2, 0.25) is 0 Å². The largest absolute Gasteiger partial charge is 0.467 e. The van der Waals surface area contributed by atoms with Gasteiger partial charge in [0, 0.05) is 20.1 Å². The maximum Gasteiger partial charge on any atom is 0.336 e. The van der Waals surface area contributed by atoms with Gasteiger partial charge in [0.25, 0.3) is 10.2 Å². The van der Waals surface area contributed by atoms with Crippen molar-refractivity contribution in [3.05, 3.63) is 0 Å². The molecule has 8 heteroatoms. The molecule has 0 aliphatic heterocycles. The van der Waals surface area contributed by atoms with Crippen molar-refractivity contribution in [2.45, 2.75) is 25.9 Å². The van der Waals surface area contributed by atoms with E-state index in [1.807, 2.05) is 6.92 Å². The molecule has 0 rings (SSSR count). The molecule has 0 radical (unpaired) electrons. The number of nitrogens with zero attached hydrogens (tertiary/aromatic N) is 1. The number of rotatable bonds is 8. The van der Waals surface area contributed by atoms with Gasteiger partial charge in [0.1, 0.15) is 0 Å². The summed E-state index contributed by atoms with van der Waals surface area (Å²) in [5, 5.41) is 9.22.